The molecular weight excluding hydrogens is 270 g/mol. The van der Waals surface area contributed by atoms with Gasteiger partial charge in [-0.05, 0) is 30.4 Å². The van der Waals surface area contributed by atoms with E-state index in [1.54, 1.807) is 0 Å². The molecule has 1 amide bonds. The number of anilines is 1. The van der Waals surface area contributed by atoms with Gasteiger partial charge in [0.1, 0.15) is 0 Å². The smallest absolute Gasteiger partial charge is 0.220 e. The van der Waals surface area contributed by atoms with E-state index in [1.165, 1.54) is 22.5 Å². The minimum atomic E-state index is 0.0920. The minimum Gasteiger partial charge on any atom is -0.375 e. The molecule has 3 N–H and O–H groups in total. The average molecular weight is 287 g/mol. The Labute approximate surface area is 122 Å². The summed E-state index contributed by atoms with van der Waals surface area (Å²) in [4.78, 5) is 16.1. The van der Waals surface area contributed by atoms with E-state index in [1.807, 2.05) is 5.38 Å². The van der Waals surface area contributed by atoms with Gasteiger partial charge in [-0.2, -0.15) is 0 Å². The lowest BCUT2D eigenvalue weighted by Crippen LogP contribution is -2.35. The van der Waals surface area contributed by atoms with Crippen molar-refractivity contribution in [2.24, 2.45) is 0 Å². The Bertz CT molecular complexity index is 598. The van der Waals surface area contributed by atoms with Crippen LogP contribution in [0.15, 0.2) is 29.6 Å². The second-order valence-electron chi connectivity index (χ2n) is 5.12. The molecule has 0 unspecified atom stereocenters. The van der Waals surface area contributed by atoms with Gasteiger partial charge >= 0.3 is 0 Å². The van der Waals surface area contributed by atoms with Gasteiger partial charge in [-0.3, -0.25) is 4.79 Å². The number of amides is 1. The lowest BCUT2D eigenvalue weighted by Gasteiger charge is -2.11. The summed E-state index contributed by atoms with van der Waals surface area (Å²) in [6, 6.07) is 8.62. The molecule has 1 aliphatic carbocycles. The highest BCUT2D eigenvalue weighted by Gasteiger charge is 2.22. The first-order valence-corrected chi connectivity index (χ1v) is 7.64. The second-order valence-corrected chi connectivity index (χ2v) is 6.01. The van der Waals surface area contributed by atoms with Gasteiger partial charge < -0.3 is 11.1 Å². The fraction of sp³-hybridized carbons (Fsp3) is 0.333. The molecular formula is C15H17N3OS. The summed E-state index contributed by atoms with van der Waals surface area (Å²) >= 11 is 1.42. The Morgan fingerprint density at radius 3 is 2.65 bits per heavy atom. The third kappa shape index (κ3) is 2.99. The Hall–Kier alpha value is -1.88. The van der Waals surface area contributed by atoms with E-state index in [0.717, 1.165) is 18.5 Å². The Balaban J connectivity index is 1.48. The summed E-state index contributed by atoms with van der Waals surface area (Å²) in [6.07, 6.45) is 2.99. The van der Waals surface area contributed by atoms with Crippen LogP contribution in [0, 0.1) is 0 Å². The first-order valence-electron chi connectivity index (χ1n) is 6.77. The third-order valence-electron chi connectivity index (χ3n) is 3.59. The van der Waals surface area contributed by atoms with Crippen LogP contribution in [0.3, 0.4) is 0 Å². The number of benzene rings is 1. The maximum absolute atomic E-state index is 12.0. The number of rotatable bonds is 4. The maximum Gasteiger partial charge on any atom is 0.220 e. The molecule has 0 atom stereocenters. The number of aryl methyl sites for hydroxylation is 1. The molecule has 0 fully saturated rings. The highest BCUT2D eigenvalue weighted by Crippen LogP contribution is 2.21. The zero-order chi connectivity index (χ0) is 13.9. The topological polar surface area (TPSA) is 68.0 Å². The number of aromatic nitrogens is 1. The van der Waals surface area contributed by atoms with Gasteiger partial charge in [-0.1, -0.05) is 24.3 Å². The number of carbonyl (C=O) groups is 1. The van der Waals surface area contributed by atoms with Gasteiger partial charge in [0.15, 0.2) is 5.13 Å². The molecule has 2 aromatic rings. The molecule has 0 aliphatic heterocycles. The van der Waals surface area contributed by atoms with E-state index >= 15 is 0 Å². The van der Waals surface area contributed by atoms with Crippen LogP contribution in [0.25, 0.3) is 0 Å². The van der Waals surface area contributed by atoms with Gasteiger partial charge in [0.2, 0.25) is 5.91 Å². The predicted octanol–water partition coefficient (Wildman–Crippen LogP) is 1.94. The maximum atomic E-state index is 12.0. The van der Waals surface area contributed by atoms with Crippen LogP contribution >= 0.6 is 11.3 Å². The number of nitrogens with two attached hydrogens (primary N) is 1. The van der Waals surface area contributed by atoms with Crippen molar-refractivity contribution in [3.63, 3.8) is 0 Å². The normalized spacial score (nSPS) is 14.2. The lowest BCUT2D eigenvalue weighted by atomic mass is 10.1. The van der Waals surface area contributed by atoms with Crippen molar-refractivity contribution >= 4 is 22.4 Å². The molecule has 104 valence electrons. The molecule has 1 heterocycles. The van der Waals surface area contributed by atoms with E-state index in [9.17, 15) is 4.79 Å². The van der Waals surface area contributed by atoms with Gasteiger partial charge in [0, 0.05) is 17.8 Å². The summed E-state index contributed by atoms with van der Waals surface area (Å²) in [5, 5.41) is 5.58. The van der Waals surface area contributed by atoms with Crippen LogP contribution in [-0.4, -0.2) is 16.9 Å². The van der Waals surface area contributed by atoms with Crippen molar-refractivity contribution in [2.45, 2.75) is 31.7 Å². The molecule has 1 aromatic heterocycles. The number of carbonyl (C=O) groups excluding carboxylic acids is 1. The fourth-order valence-electron chi connectivity index (χ4n) is 2.64. The van der Waals surface area contributed by atoms with Crippen LogP contribution in [0.1, 0.15) is 23.2 Å². The molecule has 5 heteroatoms. The van der Waals surface area contributed by atoms with E-state index in [0.29, 0.717) is 18.0 Å². The van der Waals surface area contributed by atoms with Crippen molar-refractivity contribution < 1.29 is 4.79 Å². The zero-order valence-electron chi connectivity index (χ0n) is 11.1. The third-order valence-corrected chi connectivity index (χ3v) is 4.32. The fourth-order valence-corrected chi connectivity index (χ4v) is 3.24. The van der Waals surface area contributed by atoms with Crippen LogP contribution in [0.2, 0.25) is 0 Å². The summed E-state index contributed by atoms with van der Waals surface area (Å²) in [5.41, 5.74) is 9.18. The van der Waals surface area contributed by atoms with Crippen LogP contribution < -0.4 is 11.1 Å². The standard InChI is InChI=1S/C15H17N3OS/c16-15-18-12(9-20-15)5-6-14(19)17-13-7-10-3-1-2-4-11(10)8-13/h1-4,9,13H,5-8H2,(H2,16,18)(H,17,19). The van der Waals surface area contributed by atoms with E-state index in [-0.39, 0.29) is 11.9 Å². The average Bonchev–Trinajstić information content (AvgIpc) is 3.01. The molecule has 0 saturated heterocycles. The van der Waals surface area contributed by atoms with Crippen molar-refractivity contribution in [1.82, 2.24) is 10.3 Å². The second kappa shape index (κ2) is 5.63. The number of thiazole rings is 1. The summed E-state index contributed by atoms with van der Waals surface area (Å²) in [6.45, 7) is 0. The van der Waals surface area contributed by atoms with E-state index in [4.69, 9.17) is 5.73 Å². The molecule has 1 aliphatic rings. The quantitative estimate of drug-likeness (QED) is 0.903. The van der Waals surface area contributed by atoms with Crippen molar-refractivity contribution in [2.75, 3.05) is 5.73 Å². The van der Waals surface area contributed by atoms with Gasteiger partial charge in [-0.15, -0.1) is 11.3 Å². The molecule has 0 radical (unpaired) electrons. The number of hydrogen-bond acceptors (Lipinski definition) is 4. The first-order chi connectivity index (χ1) is 9.70. The van der Waals surface area contributed by atoms with Crippen LogP contribution in [-0.2, 0) is 24.1 Å². The number of fused-ring (bicyclic) bond motifs is 1. The zero-order valence-corrected chi connectivity index (χ0v) is 12.0. The number of nitrogens with one attached hydrogen (secondary N) is 1. The van der Waals surface area contributed by atoms with Crippen LogP contribution in [0.4, 0.5) is 5.13 Å². The Kier molecular flexibility index (Phi) is 3.69. The van der Waals surface area contributed by atoms with Crippen molar-refractivity contribution in [3.8, 4) is 0 Å². The first kappa shape index (κ1) is 13.1. The molecule has 1 aromatic carbocycles. The van der Waals surface area contributed by atoms with Gasteiger partial charge in [0.05, 0.1) is 5.69 Å². The van der Waals surface area contributed by atoms with E-state index < -0.39 is 0 Å². The molecule has 4 nitrogen and oxygen atoms in total. The van der Waals surface area contributed by atoms with Crippen molar-refractivity contribution in [3.05, 3.63) is 46.5 Å². The largest absolute Gasteiger partial charge is 0.375 e. The summed E-state index contributed by atoms with van der Waals surface area (Å²) in [7, 11) is 0. The van der Waals surface area contributed by atoms with Crippen molar-refractivity contribution in [1.29, 1.82) is 0 Å². The molecule has 0 saturated carbocycles. The van der Waals surface area contributed by atoms with Crippen LogP contribution in [0.5, 0.6) is 0 Å². The molecule has 0 spiro atoms. The molecule has 3 rings (SSSR count). The number of nitrogen functional groups attached to an aromatic ring is 1. The summed E-state index contributed by atoms with van der Waals surface area (Å²) < 4.78 is 0. The SMILES string of the molecule is Nc1nc(CCC(=O)NC2Cc3ccccc3C2)cs1. The molecule has 0 bridgehead atoms. The highest BCUT2D eigenvalue weighted by molar-refractivity contribution is 7.13. The van der Waals surface area contributed by atoms with E-state index in [2.05, 4.69) is 34.6 Å². The number of hydrogen-bond donors (Lipinski definition) is 2. The number of nitrogens with zero attached hydrogens (tertiary/aromatic N) is 1. The van der Waals surface area contributed by atoms with Gasteiger partial charge in [0.25, 0.3) is 0 Å². The summed E-state index contributed by atoms with van der Waals surface area (Å²) in [5.74, 6) is 0.0920. The van der Waals surface area contributed by atoms with Gasteiger partial charge in [-0.25, -0.2) is 4.98 Å². The Morgan fingerprint density at radius 1 is 1.35 bits per heavy atom. The predicted molar refractivity (Wildman–Crippen MR) is 80.6 cm³/mol. The Morgan fingerprint density at radius 2 is 2.05 bits per heavy atom. The molecule has 20 heavy (non-hydrogen) atoms. The monoisotopic (exact) mass is 287 g/mol. The lowest BCUT2D eigenvalue weighted by molar-refractivity contribution is -0.121. The minimum absolute atomic E-state index is 0.0920. The highest BCUT2D eigenvalue weighted by atomic mass is 32.1.